The minimum absolute atomic E-state index is 0. The number of hydrogen-bond acceptors (Lipinski definition) is 4. The van der Waals surface area contributed by atoms with Crippen molar-refractivity contribution in [1.29, 1.82) is 0 Å². The van der Waals surface area contributed by atoms with Gasteiger partial charge in [0.2, 0.25) is 0 Å². The Labute approximate surface area is 125 Å². The Hall–Kier alpha value is -1.26. The zero-order chi connectivity index (χ0) is 13.2. The van der Waals surface area contributed by atoms with E-state index in [0.717, 1.165) is 31.1 Å². The predicted octanol–water partition coefficient (Wildman–Crippen LogP) is 2.01. The number of anilines is 1. The van der Waals surface area contributed by atoms with E-state index in [1.807, 2.05) is 18.0 Å². The van der Waals surface area contributed by atoms with Crippen molar-refractivity contribution in [1.82, 2.24) is 5.32 Å². The summed E-state index contributed by atoms with van der Waals surface area (Å²) in [6.45, 7) is 2.60. The fourth-order valence-electron chi connectivity index (χ4n) is 2.94. The van der Waals surface area contributed by atoms with E-state index in [4.69, 9.17) is 4.74 Å². The van der Waals surface area contributed by atoms with E-state index in [2.05, 4.69) is 17.4 Å². The summed E-state index contributed by atoms with van der Waals surface area (Å²) in [6, 6.07) is 6.17. The van der Waals surface area contributed by atoms with Gasteiger partial charge >= 0.3 is 5.97 Å². The smallest absolute Gasteiger partial charge is 0.330 e. The molecule has 2 heterocycles. The lowest BCUT2D eigenvalue weighted by atomic mass is 9.92. The van der Waals surface area contributed by atoms with Gasteiger partial charge < -0.3 is 15.0 Å². The molecule has 2 aliphatic heterocycles. The largest absolute Gasteiger partial charge is 0.423 e. The first kappa shape index (κ1) is 15.1. The molecule has 1 N–H and O–H groups in total. The standard InChI is InChI=1S/C15H20N2O2.ClH/c1-17-10-15(18)19-14-5-4-11(8-13(14)17)7-12-3-2-6-16-9-12;/h4-5,8,12,16H,2-3,6-7,9-10H2,1H3;1H. The third kappa shape index (κ3) is 3.25. The molecule has 0 radical (unpaired) electrons. The van der Waals surface area contributed by atoms with Gasteiger partial charge in [-0.2, -0.15) is 0 Å². The minimum Gasteiger partial charge on any atom is -0.423 e. The quantitative estimate of drug-likeness (QED) is 0.669. The van der Waals surface area contributed by atoms with Gasteiger partial charge in [-0.25, -0.2) is 4.79 Å². The van der Waals surface area contributed by atoms with Gasteiger partial charge in [0.05, 0.1) is 5.69 Å². The molecule has 0 saturated carbocycles. The van der Waals surface area contributed by atoms with Crippen LogP contribution < -0.4 is 15.0 Å². The molecule has 4 nitrogen and oxygen atoms in total. The number of ether oxygens (including phenoxy) is 1. The molecule has 1 aromatic rings. The van der Waals surface area contributed by atoms with E-state index in [-0.39, 0.29) is 18.4 Å². The molecule has 1 saturated heterocycles. The molecule has 1 atom stereocenters. The number of nitrogens with one attached hydrogen (secondary N) is 1. The second-order valence-corrected chi connectivity index (χ2v) is 5.55. The number of hydrogen-bond donors (Lipinski definition) is 1. The molecule has 0 aliphatic carbocycles. The first-order chi connectivity index (χ1) is 9.22. The second-order valence-electron chi connectivity index (χ2n) is 5.55. The van der Waals surface area contributed by atoms with E-state index in [0.29, 0.717) is 12.3 Å². The van der Waals surface area contributed by atoms with E-state index >= 15 is 0 Å². The van der Waals surface area contributed by atoms with Crippen molar-refractivity contribution >= 4 is 24.1 Å². The fourth-order valence-corrected chi connectivity index (χ4v) is 2.94. The number of fused-ring (bicyclic) bond motifs is 1. The molecule has 1 fully saturated rings. The molecule has 3 rings (SSSR count). The number of benzene rings is 1. The zero-order valence-electron chi connectivity index (χ0n) is 11.7. The van der Waals surface area contributed by atoms with Gasteiger partial charge in [0.15, 0.2) is 5.75 Å². The van der Waals surface area contributed by atoms with Crippen molar-refractivity contribution in [3.05, 3.63) is 23.8 Å². The normalized spacial score (nSPS) is 21.8. The second kappa shape index (κ2) is 6.46. The number of halogens is 1. The maximum absolute atomic E-state index is 11.4. The van der Waals surface area contributed by atoms with Crippen LogP contribution in [0.15, 0.2) is 18.2 Å². The minimum atomic E-state index is -0.181. The molecule has 20 heavy (non-hydrogen) atoms. The number of piperidine rings is 1. The third-order valence-electron chi connectivity index (χ3n) is 3.95. The van der Waals surface area contributed by atoms with Gasteiger partial charge in [-0.3, -0.25) is 0 Å². The fraction of sp³-hybridized carbons (Fsp3) is 0.533. The Balaban J connectivity index is 0.00000147. The molecule has 1 aromatic carbocycles. The van der Waals surface area contributed by atoms with Crippen LogP contribution in [-0.2, 0) is 11.2 Å². The molecule has 0 spiro atoms. The van der Waals surface area contributed by atoms with E-state index in [1.54, 1.807) is 0 Å². The van der Waals surface area contributed by atoms with Crippen molar-refractivity contribution in [2.24, 2.45) is 5.92 Å². The summed E-state index contributed by atoms with van der Waals surface area (Å²) in [6.07, 6.45) is 3.67. The highest BCUT2D eigenvalue weighted by molar-refractivity contribution is 5.85. The van der Waals surface area contributed by atoms with Crippen LogP contribution in [0.25, 0.3) is 0 Å². The van der Waals surface area contributed by atoms with Gasteiger partial charge in [0.25, 0.3) is 0 Å². The SMILES string of the molecule is CN1CC(=O)Oc2ccc(CC3CCCNC3)cc21.Cl. The summed E-state index contributed by atoms with van der Waals surface area (Å²) in [4.78, 5) is 13.3. The van der Waals surface area contributed by atoms with Crippen LogP contribution in [0.2, 0.25) is 0 Å². The topological polar surface area (TPSA) is 41.6 Å². The van der Waals surface area contributed by atoms with Crippen molar-refractivity contribution in [3.8, 4) is 5.75 Å². The molecule has 2 aliphatic rings. The molecule has 5 heteroatoms. The molecule has 0 bridgehead atoms. The zero-order valence-corrected chi connectivity index (χ0v) is 12.5. The van der Waals surface area contributed by atoms with Crippen molar-refractivity contribution in [3.63, 3.8) is 0 Å². The van der Waals surface area contributed by atoms with Crippen LogP contribution in [0, 0.1) is 5.92 Å². The van der Waals surface area contributed by atoms with Crippen LogP contribution >= 0.6 is 12.4 Å². The van der Waals surface area contributed by atoms with Crippen LogP contribution in [-0.4, -0.2) is 32.7 Å². The monoisotopic (exact) mass is 296 g/mol. The van der Waals surface area contributed by atoms with Crippen molar-refractivity contribution in [2.45, 2.75) is 19.3 Å². The number of likely N-dealkylation sites (N-methyl/N-ethyl adjacent to an activating group) is 1. The van der Waals surface area contributed by atoms with Crippen LogP contribution in [0.3, 0.4) is 0 Å². The van der Waals surface area contributed by atoms with Crippen LogP contribution in [0.1, 0.15) is 18.4 Å². The van der Waals surface area contributed by atoms with Gasteiger partial charge in [0.1, 0.15) is 6.54 Å². The first-order valence-corrected chi connectivity index (χ1v) is 6.98. The Kier molecular flexibility index (Phi) is 4.89. The Morgan fingerprint density at radius 1 is 1.45 bits per heavy atom. The Bertz CT molecular complexity index is 487. The summed E-state index contributed by atoms with van der Waals surface area (Å²) in [5.41, 5.74) is 2.36. The summed E-state index contributed by atoms with van der Waals surface area (Å²) < 4.78 is 5.25. The number of carbonyl (C=O) groups is 1. The molecular weight excluding hydrogens is 276 g/mol. The maximum atomic E-state index is 11.4. The average molecular weight is 297 g/mol. The Morgan fingerprint density at radius 3 is 3.05 bits per heavy atom. The lowest BCUT2D eigenvalue weighted by Gasteiger charge is -2.27. The summed E-state index contributed by atoms with van der Waals surface area (Å²) in [5.74, 6) is 1.23. The van der Waals surface area contributed by atoms with E-state index in [1.165, 1.54) is 18.4 Å². The summed E-state index contributed by atoms with van der Waals surface area (Å²) >= 11 is 0. The highest BCUT2D eigenvalue weighted by Crippen LogP contribution is 2.32. The summed E-state index contributed by atoms with van der Waals surface area (Å²) in [7, 11) is 1.94. The van der Waals surface area contributed by atoms with E-state index < -0.39 is 0 Å². The molecule has 1 unspecified atom stereocenters. The third-order valence-corrected chi connectivity index (χ3v) is 3.95. The number of rotatable bonds is 2. The maximum Gasteiger partial charge on any atom is 0.330 e. The van der Waals surface area contributed by atoms with Crippen molar-refractivity contribution in [2.75, 3.05) is 31.6 Å². The van der Waals surface area contributed by atoms with Crippen molar-refractivity contribution < 1.29 is 9.53 Å². The summed E-state index contributed by atoms with van der Waals surface area (Å²) in [5, 5.41) is 3.45. The van der Waals surface area contributed by atoms with Crippen LogP contribution in [0.5, 0.6) is 5.75 Å². The molecule has 0 aromatic heterocycles. The molecular formula is C15H21ClN2O2. The van der Waals surface area contributed by atoms with Gasteiger partial charge in [0, 0.05) is 7.05 Å². The van der Waals surface area contributed by atoms with Gasteiger partial charge in [-0.1, -0.05) is 6.07 Å². The first-order valence-electron chi connectivity index (χ1n) is 6.98. The lowest BCUT2D eigenvalue weighted by molar-refractivity contribution is -0.133. The number of carbonyl (C=O) groups excluding carboxylic acids is 1. The molecule has 0 amide bonds. The predicted molar refractivity (Wildman–Crippen MR) is 81.9 cm³/mol. The van der Waals surface area contributed by atoms with E-state index in [9.17, 15) is 4.79 Å². The number of esters is 1. The van der Waals surface area contributed by atoms with Gasteiger partial charge in [-0.05, 0) is 56.0 Å². The molecule has 110 valence electrons. The highest BCUT2D eigenvalue weighted by atomic mass is 35.5. The lowest BCUT2D eigenvalue weighted by Crippen LogP contribution is -2.34. The Morgan fingerprint density at radius 2 is 2.30 bits per heavy atom. The van der Waals surface area contributed by atoms with Crippen LogP contribution in [0.4, 0.5) is 5.69 Å². The van der Waals surface area contributed by atoms with Gasteiger partial charge in [-0.15, -0.1) is 12.4 Å². The average Bonchev–Trinajstić information content (AvgIpc) is 2.40. The number of nitrogens with zero attached hydrogens (tertiary/aromatic N) is 1. The highest BCUT2D eigenvalue weighted by Gasteiger charge is 2.22.